The Labute approximate surface area is 126 Å². The molecule has 0 aromatic heterocycles. The first-order valence-corrected chi connectivity index (χ1v) is 6.85. The molecule has 0 saturated carbocycles. The van der Waals surface area contributed by atoms with Gasteiger partial charge in [0.15, 0.2) is 0 Å². The van der Waals surface area contributed by atoms with Crippen molar-refractivity contribution in [3.8, 4) is 11.5 Å². The van der Waals surface area contributed by atoms with Crippen LogP contribution in [0.15, 0.2) is 42.5 Å². The average molecular weight is 286 g/mol. The van der Waals surface area contributed by atoms with Crippen LogP contribution in [0.25, 0.3) is 0 Å². The minimum Gasteiger partial charge on any atom is -0.497 e. The van der Waals surface area contributed by atoms with Gasteiger partial charge in [-0.3, -0.25) is 0 Å². The lowest BCUT2D eigenvalue weighted by molar-refractivity contribution is 0.393. The lowest BCUT2D eigenvalue weighted by atomic mass is 10.2. The third kappa shape index (κ3) is 4.05. The van der Waals surface area contributed by atoms with Crippen LogP contribution >= 0.6 is 0 Å². The summed E-state index contributed by atoms with van der Waals surface area (Å²) < 4.78 is 10.6. The third-order valence-electron chi connectivity index (χ3n) is 3.27. The summed E-state index contributed by atoms with van der Waals surface area (Å²) in [5.74, 6) is 1.60. The van der Waals surface area contributed by atoms with Gasteiger partial charge in [-0.25, -0.2) is 0 Å². The highest BCUT2D eigenvalue weighted by molar-refractivity contribution is 5.57. The smallest absolute Gasteiger partial charge is 0.122 e. The Hall–Kier alpha value is -2.36. The van der Waals surface area contributed by atoms with Gasteiger partial charge >= 0.3 is 0 Å². The Bertz CT molecular complexity index is 575. The molecule has 0 aliphatic heterocycles. The van der Waals surface area contributed by atoms with E-state index in [9.17, 15) is 0 Å². The number of nitrogens with one attached hydrogen (secondary N) is 1. The lowest BCUT2D eigenvalue weighted by Gasteiger charge is -2.15. The number of methoxy groups -OCH3 is 2. The van der Waals surface area contributed by atoms with E-state index in [-0.39, 0.29) is 0 Å². The van der Waals surface area contributed by atoms with Crippen LogP contribution in [0.3, 0.4) is 0 Å². The van der Waals surface area contributed by atoms with Crippen molar-refractivity contribution in [1.82, 2.24) is 0 Å². The fourth-order valence-electron chi connectivity index (χ4n) is 2.07. The molecule has 0 unspecified atom stereocenters. The second-order valence-electron chi connectivity index (χ2n) is 5.02. The summed E-state index contributed by atoms with van der Waals surface area (Å²) in [6, 6.07) is 14.2. The molecular weight excluding hydrogens is 264 g/mol. The molecule has 0 atom stereocenters. The lowest BCUT2D eigenvalue weighted by Crippen LogP contribution is -2.09. The molecule has 4 nitrogen and oxygen atoms in total. The molecule has 2 rings (SSSR count). The minimum atomic E-state index is 0.713. The maximum absolute atomic E-state index is 5.29. The molecule has 0 aliphatic carbocycles. The van der Waals surface area contributed by atoms with Gasteiger partial charge in [0, 0.05) is 38.1 Å². The highest BCUT2D eigenvalue weighted by Gasteiger charge is 2.03. The Morgan fingerprint density at radius 1 is 0.952 bits per heavy atom. The Kier molecular flexibility index (Phi) is 4.93. The van der Waals surface area contributed by atoms with Gasteiger partial charge in [-0.2, -0.15) is 0 Å². The van der Waals surface area contributed by atoms with Gasteiger partial charge < -0.3 is 19.7 Å². The number of rotatable bonds is 6. The fraction of sp³-hybridized carbons (Fsp3) is 0.294. The zero-order chi connectivity index (χ0) is 15.2. The molecule has 0 fully saturated rings. The summed E-state index contributed by atoms with van der Waals surface area (Å²) in [7, 11) is 7.39. The number of ether oxygens (including phenoxy) is 2. The summed E-state index contributed by atoms with van der Waals surface area (Å²) >= 11 is 0. The van der Waals surface area contributed by atoms with Gasteiger partial charge in [0.2, 0.25) is 0 Å². The standard InChI is InChI=1S/C17H22N2O2/c1-19(2)15-7-5-6-14(10-15)18-12-13-8-16(20-3)11-17(9-13)21-4/h5-11,18H,12H2,1-4H3. The molecule has 1 N–H and O–H groups in total. The summed E-state index contributed by atoms with van der Waals surface area (Å²) in [5, 5.41) is 3.42. The van der Waals surface area contributed by atoms with E-state index in [1.165, 1.54) is 5.69 Å². The van der Waals surface area contributed by atoms with Crippen LogP contribution in [-0.2, 0) is 6.54 Å². The third-order valence-corrected chi connectivity index (χ3v) is 3.27. The normalized spacial score (nSPS) is 10.1. The van der Waals surface area contributed by atoms with E-state index in [4.69, 9.17) is 9.47 Å². The minimum absolute atomic E-state index is 0.713. The van der Waals surface area contributed by atoms with Crippen molar-refractivity contribution in [3.05, 3.63) is 48.0 Å². The molecule has 0 heterocycles. The van der Waals surface area contributed by atoms with Crippen molar-refractivity contribution in [2.45, 2.75) is 6.54 Å². The second-order valence-corrected chi connectivity index (χ2v) is 5.02. The summed E-state index contributed by atoms with van der Waals surface area (Å²) in [6.07, 6.45) is 0. The number of nitrogens with zero attached hydrogens (tertiary/aromatic N) is 1. The summed E-state index contributed by atoms with van der Waals surface area (Å²) in [6.45, 7) is 0.713. The van der Waals surface area contributed by atoms with Gasteiger partial charge in [0.1, 0.15) is 11.5 Å². The predicted octanol–water partition coefficient (Wildman–Crippen LogP) is 3.38. The molecule has 21 heavy (non-hydrogen) atoms. The van der Waals surface area contributed by atoms with E-state index in [1.807, 2.05) is 38.4 Å². The quantitative estimate of drug-likeness (QED) is 0.882. The van der Waals surface area contributed by atoms with Crippen LogP contribution in [-0.4, -0.2) is 28.3 Å². The molecule has 2 aromatic rings. The molecule has 0 radical (unpaired) electrons. The number of anilines is 2. The molecule has 0 spiro atoms. The Morgan fingerprint density at radius 2 is 1.62 bits per heavy atom. The van der Waals surface area contributed by atoms with E-state index in [0.717, 1.165) is 22.7 Å². The van der Waals surface area contributed by atoms with Crippen LogP contribution in [0.1, 0.15) is 5.56 Å². The fourth-order valence-corrected chi connectivity index (χ4v) is 2.07. The highest BCUT2D eigenvalue weighted by Crippen LogP contribution is 2.24. The van der Waals surface area contributed by atoms with Crippen molar-refractivity contribution in [3.63, 3.8) is 0 Å². The van der Waals surface area contributed by atoms with Crippen molar-refractivity contribution < 1.29 is 9.47 Å². The zero-order valence-corrected chi connectivity index (χ0v) is 13.0. The maximum atomic E-state index is 5.29. The summed E-state index contributed by atoms with van der Waals surface area (Å²) in [4.78, 5) is 2.08. The molecule has 2 aromatic carbocycles. The number of hydrogen-bond donors (Lipinski definition) is 1. The van der Waals surface area contributed by atoms with Gasteiger partial charge in [0.05, 0.1) is 14.2 Å². The molecule has 4 heteroatoms. The molecule has 112 valence electrons. The average Bonchev–Trinajstić information content (AvgIpc) is 2.52. The monoisotopic (exact) mass is 286 g/mol. The van der Waals surface area contributed by atoms with Crippen LogP contribution in [0.4, 0.5) is 11.4 Å². The largest absolute Gasteiger partial charge is 0.497 e. The Morgan fingerprint density at radius 3 is 2.19 bits per heavy atom. The molecule has 0 aliphatic rings. The van der Waals surface area contributed by atoms with Crippen molar-refractivity contribution in [1.29, 1.82) is 0 Å². The van der Waals surface area contributed by atoms with Gasteiger partial charge in [-0.1, -0.05) is 6.07 Å². The molecule has 0 saturated heterocycles. The SMILES string of the molecule is COc1cc(CNc2cccc(N(C)C)c2)cc(OC)c1. The first kappa shape index (κ1) is 15.0. The van der Waals surface area contributed by atoms with Crippen LogP contribution < -0.4 is 19.7 Å². The van der Waals surface area contributed by atoms with Crippen molar-refractivity contribution in [2.75, 3.05) is 38.5 Å². The maximum Gasteiger partial charge on any atom is 0.122 e. The predicted molar refractivity (Wildman–Crippen MR) is 87.6 cm³/mol. The molecule has 0 bridgehead atoms. The molecular formula is C17H22N2O2. The van der Waals surface area contributed by atoms with Crippen molar-refractivity contribution in [2.24, 2.45) is 0 Å². The summed E-state index contributed by atoms with van der Waals surface area (Å²) in [5.41, 5.74) is 3.37. The molecule has 0 amide bonds. The number of benzene rings is 2. The van der Waals surface area contributed by atoms with E-state index >= 15 is 0 Å². The zero-order valence-electron chi connectivity index (χ0n) is 13.0. The van der Waals surface area contributed by atoms with Gasteiger partial charge in [0.25, 0.3) is 0 Å². The van der Waals surface area contributed by atoms with Gasteiger partial charge in [-0.05, 0) is 35.9 Å². The van der Waals surface area contributed by atoms with Gasteiger partial charge in [-0.15, -0.1) is 0 Å². The van der Waals surface area contributed by atoms with E-state index in [1.54, 1.807) is 14.2 Å². The second kappa shape index (κ2) is 6.88. The van der Waals surface area contributed by atoms with Crippen LogP contribution in [0, 0.1) is 0 Å². The number of hydrogen-bond acceptors (Lipinski definition) is 4. The van der Waals surface area contributed by atoms with E-state index < -0.39 is 0 Å². The van der Waals surface area contributed by atoms with E-state index in [0.29, 0.717) is 6.54 Å². The van der Waals surface area contributed by atoms with Crippen molar-refractivity contribution >= 4 is 11.4 Å². The Balaban J connectivity index is 2.10. The van der Waals surface area contributed by atoms with E-state index in [2.05, 4.69) is 28.4 Å². The first-order chi connectivity index (χ1) is 10.1. The van der Waals surface area contributed by atoms with Crippen LogP contribution in [0.5, 0.6) is 11.5 Å². The first-order valence-electron chi connectivity index (χ1n) is 6.85. The topological polar surface area (TPSA) is 33.7 Å². The highest BCUT2D eigenvalue weighted by atomic mass is 16.5. The van der Waals surface area contributed by atoms with Crippen LogP contribution in [0.2, 0.25) is 0 Å².